The number of hydrogen-bond acceptors (Lipinski definition) is 9. The maximum absolute atomic E-state index is 11.5. The molecule has 0 bridgehead atoms. The Balaban J connectivity index is 1.81. The third kappa shape index (κ3) is 4.39. The van der Waals surface area contributed by atoms with Crippen LogP contribution >= 0.6 is 7.82 Å². The van der Waals surface area contributed by atoms with Gasteiger partial charge in [0, 0.05) is 19.6 Å². The van der Waals surface area contributed by atoms with E-state index in [2.05, 4.69) is 31.7 Å². The zero-order chi connectivity index (χ0) is 19.6. The Labute approximate surface area is 156 Å². The number of imidazole rings is 1. The van der Waals surface area contributed by atoms with Gasteiger partial charge in [0.15, 0.2) is 17.0 Å². The largest absolute Gasteiger partial charge is 0.472 e. The van der Waals surface area contributed by atoms with E-state index in [4.69, 9.17) is 15.0 Å². The van der Waals surface area contributed by atoms with Crippen molar-refractivity contribution in [3.63, 3.8) is 0 Å². The fourth-order valence-electron chi connectivity index (χ4n) is 3.08. The quantitative estimate of drug-likeness (QED) is 0.561. The first-order valence-electron chi connectivity index (χ1n) is 8.77. The number of fused-ring (bicyclic) bond motifs is 1. The summed E-state index contributed by atoms with van der Waals surface area (Å²) in [5, 5.41) is 3.20. The molecule has 0 aliphatic carbocycles. The average Bonchev–Trinajstić information content (AvgIpc) is 3.21. The number of phosphoric acid groups is 1. The van der Waals surface area contributed by atoms with Crippen molar-refractivity contribution in [1.29, 1.82) is 0 Å². The predicted molar refractivity (Wildman–Crippen MR) is 99.0 cm³/mol. The summed E-state index contributed by atoms with van der Waals surface area (Å²) in [6.45, 7) is 4.77. The lowest BCUT2D eigenvalue weighted by atomic mass is 10.1. The zero-order valence-corrected chi connectivity index (χ0v) is 16.4. The fraction of sp³-hybridized carbons (Fsp3) is 0.667. The highest BCUT2D eigenvalue weighted by Gasteiger charge is 2.36. The van der Waals surface area contributed by atoms with Crippen LogP contribution in [0.2, 0.25) is 0 Å². The predicted octanol–water partition coefficient (Wildman–Crippen LogP) is 1.92. The molecule has 0 saturated carbocycles. The van der Waals surface area contributed by atoms with E-state index in [1.54, 1.807) is 6.33 Å². The molecule has 1 aliphatic rings. The highest BCUT2D eigenvalue weighted by atomic mass is 31.2. The maximum atomic E-state index is 11.5. The highest BCUT2D eigenvalue weighted by molar-refractivity contribution is 7.47. The number of anilines is 2. The molecule has 2 aromatic rings. The third-order valence-corrected chi connectivity index (χ3v) is 5.30. The molecule has 4 atom stereocenters. The van der Waals surface area contributed by atoms with Gasteiger partial charge in [-0.2, -0.15) is 9.97 Å². The van der Waals surface area contributed by atoms with Crippen LogP contribution in [0.3, 0.4) is 0 Å². The van der Waals surface area contributed by atoms with E-state index in [0.717, 1.165) is 20.1 Å². The molecule has 150 valence electrons. The van der Waals surface area contributed by atoms with Gasteiger partial charge in [-0.15, -0.1) is 0 Å². The molecular formula is C15H25N6O5P. The summed E-state index contributed by atoms with van der Waals surface area (Å²) >= 11 is 0. The van der Waals surface area contributed by atoms with Gasteiger partial charge in [-0.3, -0.25) is 13.6 Å². The second-order valence-electron chi connectivity index (χ2n) is 6.49. The van der Waals surface area contributed by atoms with Crippen molar-refractivity contribution in [2.75, 3.05) is 31.3 Å². The summed E-state index contributed by atoms with van der Waals surface area (Å²) in [6.07, 6.45) is 2.53. The van der Waals surface area contributed by atoms with Gasteiger partial charge >= 0.3 is 7.82 Å². The Kier molecular flexibility index (Phi) is 5.97. The van der Waals surface area contributed by atoms with Gasteiger partial charge < -0.3 is 20.7 Å². The van der Waals surface area contributed by atoms with E-state index in [1.807, 2.05) is 11.5 Å². The van der Waals surface area contributed by atoms with E-state index < -0.39 is 7.82 Å². The van der Waals surface area contributed by atoms with E-state index in [-0.39, 0.29) is 30.8 Å². The van der Waals surface area contributed by atoms with Crippen molar-refractivity contribution in [2.45, 2.75) is 39.0 Å². The molecule has 2 aromatic heterocycles. The SMILES string of the molecule is CCCNc1nc(N)nc2c1ncn2C1OC(COP(=O)(O)OC)CC1C. The van der Waals surface area contributed by atoms with Gasteiger partial charge in [0.1, 0.15) is 6.23 Å². The molecule has 1 fully saturated rings. The first kappa shape index (κ1) is 20.0. The van der Waals surface area contributed by atoms with Crippen molar-refractivity contribution in [3.8, 4) is 0 Å². The van der Waals surface area contributed by atoms with Gasteiger partial charge in [-0.25, -0.2) is 9.55 Å². The van der Waals surface area contributed by atoms with Gasteiger partial charge in [0.05, 0.1) is 19.0 Å². The Morgan fingerprint density at radius 2 is 2.30 bits per heavy atom. The lowest BCUT2D eigenvalue weighted by molar-refractivity contribution is -0.0297. The smallest absolute Gasteiger partial charge is 0.368 e. The summed E-state index contributed by atoms with van der Waals surface area (Å²) in [7, 11) is -2.91. The van der Waals surface area contributed by atoms with E-state index in [9.17, 15) is 9.46 Å². The van der Waals surface area contributed by atoms with Gasteiger partial charge in [-0.1, -0.05) is 13.8 Å². The second-order valence-corrected chi connectivity index (χ2v) is 8.05. The number of nitrogens with zero attached hydrogens (tertiary/aromatic N) is 4. The van der Waals surface area contributed by atoms with Crippen LogP contribution in [0.5, 0.6) is 0 Å². The number of nitrogen functional groups attached to an aromatic ring is 1. The Morgan fingerprint density at radius 1 is 1.52 bits per heavy atom. The van der Waals surface area contributed by atoms with Crippen molar-refractivity contribution >= 4 is 30.8 Å². The molecule has 0 spiro atoms. The standard InChI is InChI=1S/C15H25N6O5P/c1-4-5-17-12-11-13(20-15(16)19-12)21(8-18-11)14-9(2)6-10(26-14)7-25-27(22,23)24-3/h8-10,14H,4-7H2,1-3H3,(H,22,23)(H3,16,17,19,20). The maximum Gasteiger partial charge on any atom is 0.472 e. The molecule has 3 heterocycles. The molecule has 0 aromatic carbocycles. The molecule has 4 N–H and O–H groups in total. The van der Waals surface area contributed by atoms with Gasteiger partial charge in [-0.05, 0) is 12.8 Å². The number of phosphoric ester groups is 1. The average molecular weight is 400 g/mol. The molecule has 4 unspecified atom stereocenters. The molecule has 0 amide bonds. The monoisotopic (exact) mass is 400 g/mol. The minimum atomic E-state index is -4.03. The topological polar surface area (TPSA) is 147 Å². The lowest BCUT2D eigenvalue weighted by Crippen LogP contribution is -2.17. The van der Waals surface area contributed by atoms with Crippen LogP contribution in [0.25, 0.3) is 11.2 Å². The highest BCUT2D eigenvalue weighted by Crippen LogP contribution is 2.44. The Morgan fingerprint density at radius 3 is 3.00 bits per heavy atom. The molecule has 27 heavy (non-hydrogen) atoms. The summed E-state index contributed by atoms with van der Waals surface area (Å²) in [6, 6.07) is 0. The first-order valence-corrected chi connectivity index (χ1v) is 10.3. The van der Waals surface area contributed by atoms with E-state index in [1.165, 1.54) is 0 Å². The molecule has 12 heteroatoms. The van der Waals surface area contributed by atoms with Crippen LogP contribution in [0.4, 0.5) is 11.8 Å². The summed E-state index contributed by atoms with van der Waals surface area (Å²) in [4.78, 5) is 22.3. The second kappa shape index (κ2) is 8.07. The lowest BCUT2D eigenvalue weighted by Gasteiger charge is -2.18. The molecular weight excluding hydrogens is 375 g/mol. The fourth-order valence-corrected chi connectivity index (χ4v) is 3.54. The number of hydrogen-bond donors (Lipinski definition) is 3. The summed E-state index contributed by atoms with van der Waals surface area (Å²) < 4.78 is 28.6. The molecule has 0 radical (unpaired) electrons. The van der Waals surface area contributed by atoms with Crippen LogP contribution < -0.4 is 11.1 Å². The Bertz CT molecular complexity index is 845. The van der Waals surface area contributed by atoms with Crippen LogP contribution in [0, 0.1) is 5.92 Å². The number of nitrogens with two attached hydrogens (primary N) is 1. The summed E-state index contributed by atoms with van der Waals surface area (Å²) in [5.41, 5.74) is 7.05. The van der Waals surface area contributed by atoms with Crippen LogP contribution in [0.15, 0.2) is 6.33 Å². The van der Waals surface area contributed by atoms with E-state index in [0.29, 0.717) is 23.4 Å². The zero-order valence-electron chi connectivity index (χ0n) is 15.5. The number of nitrogens with one attached hydrogen (secondary N) is 1. The minimum Gasteiger partial charge on any atom is -0.368 e. The third-order valence-electron chi connectivity index (χ3n) is 4.36. The number of rotatable bonds is 8. The van der Waals surface area contributed by atoms with E-state index >= 15 is 0 Å². The van der Waals surface area contributed by atoms with Gasteiger partial charge in [0.25, 0.3) is 0 Å². The normalized spacial score (nSPS) is 25.0. The number of ether oxygens (including phenoxy) is 1. The minimum absolute atomic E-state index is 0.0461. The first-order chi connectivity index (χ1) is 12.8. The van der Waals surface area contributed by atoms with Gasteiger partial charge in [0.2, 0.25) is 5.95 Å². The summed E-state index contributed by atoms with van der Waals surface area (Å²) in [5.74, 6) is 0.847. The molecule has 1 saturated heterocycles. The van der Waals surface area contributed by atoms with Crippen LogP contribution in [-0.4, -0.2) is 50.8 Å². The van der Waals surface area contributed by atoms with Crippen molar-refractivity contribution in [3.05, 3.63) is 6.33 Å². The van der Waals surface area contributed by atoms with Crippen molar-refractivity contribution in [2.24, 2.45) is 5.92 Å². The Hall–Kier alpha value is -1.78. The van der Waals surface area contributed by atoms with Crippen molar-refractivity contribution in [1.82, 2.24) is 19.5 Å². The number of aromatic nitrogens is 4. The molecule has 11 nitrogen and oxygen atoms in total. The van der Waals surface area contributed by atoms with Crippen LogP contribution in [0.1, 0.15) is 32.9 Å². The molecule has 3 rings (SSSR count). The molecule has 1 aliphatic heterocycles. The van der Waals surface area contributed by atoms with Crippen LogP contribution in [-0.2, 0) is 18.3 Å². The van der Waals surface area contributed by atoms with Crippen molar-refractivity contribution < 1.29 is 23.2 Å².